The zero-order valence-corrected chi connectivity index (χ0v) is 14.7. The zero-order chi connectivity index (χ0) is 16.5. The highest BCUT2D eigenvalue weighted by Crippen LogP contribution is 2.32. The van der Waals surface area contributed by atoms with Crippen LogP contribution < -0.4 is 10.5 Å². The molecule has 4 rings (SSSR count). The molecule has 2 aromatic rings. The second-order valence-corrected chi connectivity index (χ2v) is 7.70. The lowest BCUT2D eigenvalue weighted by Gasteiger charge is -2.32. The summed E-state index contributed by atoms with van der Waals surface area (Å²) in [5, 5.41) is 1.14. The summed E-state index contributed by atoms with van der Waals surface area (Å²) in [7, 11) is 0. The van der Waals surface area contributed by atoms with Crippen LogP contribution in [0.2, 0.25) is 0 Å². The first kappa shape index (κ1) is 15.8. The Morgan fingerprint density at radius 1 is 1.38 bits per heavy atom. The monoisotopic (exact) mass is 346 g/mol. The molecule has 2 aliphatic rings. The minimum absolute atomic E-state index is 0.0834. The fourth-order valence-electron chi connectivity index (χ4n) is 3.42. The van der Waals surface area contributed by atoms with Crippen LogP contribution in [0.5, 0.6) is 0 Å². The van der Waals surface area contributed by atoms with Crippen LogP contribution in [0.25, 0.3) is 0 Å². The average molecular weight is 346 g/mol. The van der Waals surface area contributed by atoms with Crippen molar-refractivity contribution in [1.82, 2.24) is 14.5 Å². The van der Waals surface area contributed by atoms with Gasteiger partial charge in [0.15, 0.2) is 5.13 Å². The van der Waals surface area contributed by atoms with E-state index in [0.717, 1.165) is 50.6 Å². The second kappa shape index (κ2) is 6.64. The highest BCUT2D eigenvalue weighted by atomic mass is 32.1. The van der Waals surface area contributed by atoms with Gasteiger partial charge in [0.1, 0.15) is 0 Å². The Labute approximate surface area is 145 Å². The lowest BCUT2D eigenvalue weighted by molar-refractivity contribution is 0.112. The van der Waals surface area contributed by atoms with E-state index in [1.165, 1.54) is 10.6 Å². The summed E-state index contributed by atoms with van der Waals surface area (Å²) in [5.74, 6) is 0.528. The number of thiazole rings is 1. The van der Waals surface area contributed by atoms with Crippen molar-refractivity contribution >= 4 is 16.5 Å². The minimum atomic E-state index is 0.0834. The normalized spacial score (nSPS) is 18.6. The number of hydrogen-bond acceptors (Lipinski definition) is 6. The van der Waals surface area contributed by atoms with Gasteiger partial charge in [-0.25, -0.2) is 9.97 Å². The van der Waals surface area contributed by atoms with E-state index in [2.05, 4.69) is 9.88 Å². The lowest BCUT2D eigenvalue weighted by atomic mass is 9.97. The van der Waals surface area contributed by atoms with Gasteiger partial charge in [-0.2, -0.15) is 0 Å². The molecule has 0 saturated carbocycles. The van der Waals surface area contributed by atoms with E-state index in [1.54, 1.807) is 28.4 Å². The van der Waals surface area contributed by atoms with Gasteiger partial charge in [0.25, 0.3) is 5.56 Å². The van der Waals surface area contributed by atoms with Crippen LogP contribution in [0.3, 0.4) is 0 Å². The van der Waals surface area contributed by atoms with Crippen molar-refractivity contribution in [3.8, 4) is 0 Å². The Morgan fingerprint density at radius 3 is 3.00 bits per heavy atom. The standard InChI is InChI=1S/C17H22N4O2S/c1-12-8-18-11-21(16(12)22)9-13-2-5-20(6-3-13)17-19-14-4-7-23-10-15(14)24-17/h8,11,13H,2-7,9-10H2,1H3. The largest absolute Gasteiger partial charge is 0.375 e. The van der Waals surface area contributed by atoms with Crippen molar-refractivity contribution in [2.45, 2.75) is 39.3 Å². The van der Waals surface area contributed by atoms with Crippen molar-refractivity contribution in [3.63, 3.8) is 0 Å². The molecular weight excluding hydrogens is 324 g/mol. The lowest BCUT2D eigenvalue weighted by Crippen LogP contribution is -2.36. The number of piperidine rings is 1. The second-order valence-electron chi connectivity index (χ2n) is 6.63. The third kappa shape index (κ3) is 3.10. The summed E-state index contributed by atoms with van der Waals surface area (Å²) in [6.45, 7) is 6.11. The van der Waals surface area contributed by atoms with Crippen LogP contribution in [-0.4, -0.2) is 34.2 Å². The predicted octanol–water partition coefficient (Wildman–Crippen LogP) is 2.00. The van der Waals surface area contributed by atoms with E-state index >= 15 is 0 Å². The van der Waals surface area contributed by atoms with E-state index in [1.807, 2.05) is 6.92 Å². The van der Waals surface area contributed by atoms with Crippen LogP contribution in [0.15, 0.2) is 17.3 Å². The SMILES string of the molecule is Cc1cncn(CC2CCN(c3nc4c(s3)COCC4)CC2)c1=O. The number of ether oxygens (including phenoxy) is 1. The third-order valence-corrected chi connectivity index (χ3v) is 6.03. The van der Waals surface area contributed by atoms with Crippen molar-refractivity contribution in [2.24, 2.45) is 5.92 Å². The molecule has 0 atom stereocenters. The molecule has 7 heteroatoms. The van der Waals surface area contributed by atoms with Gasteiger partial charge in [-0.3, -0.25) is 9.36 Å². The molecule has 1 saturated heterocycles. The summed E-state index contributed by atoms with van der Waals surface area (Å²) >= 11 is 1.78. The average Bonchev–Trinajstić information content (AvgIpc) is 3.04. The molecule has 0 spiro atoms. The van der Waals surface area contributed by atoms with Gasteiger partial charge in [-0.15, -0.1) is 0 Å². The summed E-state index contributed by atoms with van der Waals surface area (Å²) in [6.07, 6.45) is 6.40. The number of aromatic nitrogens is 3. The molecule has 1 fully saturated rings. The maximum absolute atomic E-state index is 12.1. The van der Waals surface area contributed by atoms with Gasteiger partial charge in [0.2, 0.25) is 0 Å². The first-order chi connectivity index (χ1) is 11.7. The first-order valence-electron chi connectivity index (χ1n) is 8.53. The Balaban J connectivity index is 1.39. The fourth-order valence-corrected chi connectivity index (χ4v) is 4.52. The summed E-state index contributed by atoms with van der Waals surface area (Å²) in [5.41, 5.74) is 2.02. The molecule has 0 radical (unpaired) electrons. The quantitative estimate of drug-likeness (QED) is 0.851. The van der Waals surface area contributed by atoms with Gasteiger partial charge in [-0.1, -0.05) is 11.3 Å². The molecule has 0 N–H and O–H groups in total. The topological polar surface area (TPSA) is 60.3 Å². The molecule has 128 valence electrons. The van der Waals surface area contributed by atoms with Crippen LogP contribution >= 0.6 is 11.3 Å². The van der Waals surface area contributed by atoms with Gasteiger partial charge >= 0.3 is 0 Å². The van der Waals surface area contributed by atoms with Crippen LogP contribution in [0.1, 0.15) is 29.0 Å². The molecule has 2 aliphatic heterocycles. The maximum Gasteiger partial charge on any atom is 0.256 e. The van der Waals surface area contributed by atoms with E-state index < -0.39 is 0 Å². The summed E-state index contributed by atoms with van der Waals surface area (Å²) in [6, 6.07) is 0. The van der Waals surface area contributed by atoms with Gasteiger partial charge in [0.05, 0.1) is 30.1 Å². The van der Waals surface area contributed by atoms with E-state index in [-0.39, 0.29) is 5.56 Å². The Hall–Kier alpha value is -1.73. The van der Waals surface area contributed by atoms with Crippen molar-refractivity contribution in [3.05, 3.63) is 39.0 Å². The Bertz CT molecular complexity index is 754. The maximum atomic E-state index is 12.1. The smallest absolute Gasteiger partial charge is 0.256 e. The third-order valence-electron chi connectivity index (χ3n) is 4.90. The minimum Gasteiger partial charge on any atom is -0.375 e. The predicted molar refractivity (Wildman–Crippen MR) is 93.6 cm³/mol. The first-order valence-corrected chi connectivity index (χ1v) is 9.34. The van der Waals surface area contributed by atoms with Crippen LogP contribution in [0, 0.1) is 12.8 Å². The van der Waals surface area contributed by atoms with Gasteiger partial charge in [-0.05, 0) is 25.7 Å². The molecule has 0 aromatic carbocycles. The van der Waals surface area contributed by atoms with Crippen molar-refractivity contribution in [2.75, 3.05) is 24.6 Å². The fraction of sp³-hybridized carbons (Fsp3) is 0.588. The van der Waals surface area contributed by atoms with Gasteiger partial charge in [0, 0.05) is 37.8 Å². The highest BCUT2D eigenvalue weighted by Gasteiger charge is 2.24. The number of anilines is 1. The van der Waals surface area contributed by atoms with E-state index in [4.69, 9.17) is 9.72 Å². The molecular formula is C17H22N4O2S. The number of rotatable bonds is 3. The van der Waals surface area contributed by atoms with Crippen LogP contribution in [0.4, 0.5) is 5.13 Å². The Kier molecular flexibility index (Phi) is 4.37. The highest BCUT2D eigenvalue weighted by molar-refractivity contribution is 7.15. The molecule has 0 unspecified atom stereocenters. The zero-order valence-electron chi connectivity index (χ0n) is 13.9. The molecule has 24 heavy (non-hydrogen) atoms. The van der Waals surface area contributed by atoms with Crippen molar-refractivity contribution in [1.29, 1.82) is 0 Å². The molecule has 6 nitrogen and oxygen atoms in total. The summed E-state index contributed by atoms with van der Waals surface area (Å²) < 4.78 is 7.27. The van der Waals surface area contributed by atoms with E-state index in [0.29, 0.717) is 18.1 Å². The molecule has 0 amide bonds. The number of aryl methyl sites for hydroxylation is 1. The van der Waals surface area contributed by atoms with E-state index in [9.17, 15) is 4.79 Å². The van der Waals surface area contributed by atoms with Crippen molar-refractivity contribution < 1.29 is 4.74 Å². The number of hydrogen-bond donors (Lipinski definition) is 0. The Morgan fingerprint density at radius 2 is 2.21 bits per heavy atom. The molecule has 0 bridgehead atoms. The number of nitrogens with zero attached hydrogens (tertiary/aromatic N) is 4. The molecule has 4 heterocycles. The molecule has 0 aliphatic carbocycles. The number of fused-ring (bicyclic) bond motifs is 1. The van der Waals surface area contributed by atoms with Gasteiger partial charge < -0.3 is 9.64 Å². The molecule has 2 aromatic heterocycles. The summed E-state index contributed by atoms with van der Waals surface area (Å²) in [4.78, 5) is 24.8. The van der Waals surface area contributed by atoms with Crippen LogP contribution in [-0.2, 0) is 24.3 Å².